The zero-order chi connectivity index (χ0) is 12.8. The third-order valence-corrected chi connectivity index (χ3v) is 4.29. The third-order valence-electron chi connectivity index (χ3n) is 4.29. The molecule has 0 saturated carbocycles. The first-order valence-corrected chi connectivity index (χ1v) is 7.52. The molecule has 0 radical (unpaired) electrons. The summed E-state index contributed by atoms with van der Waals surface area (Å²) in [5, 5.41) is 6.40. The van der Waals surface area contributed by atoms with Gasteiger partial charge in [-0.05, 0) is 58.2 Å². The average molecular weight is 253 g/mol. The molecule has 4 nitrogen and oxygen atoms in total. The van der Waals surface area contributed by atoms with E-state index in [2.05, 4.69) is 15.5 Å². The number of carbonyl (C=O) groups excluding carboxylic acids is 1. The number of nitrogens with zero attached hydrogens (tertiary/aromatic N) is 1. The Morgan fingerprint density at radius 1 is 1.39 bits per heavy atom. The van der Waals surface area contributed by atoms with E-state index >= 15 is 0 Å². The quantitative estimate of drug-likeness (QED) is 0.767. The van der Waals surface area contributed by atoms with Crippen LogP contribution in [0.1, 0.15) is 39.0 Å². The number of hydrogen-bond acceptors (Lipinski definition) is 3. The average Bonchev–Trinajstić information content (AvgIpc) is 2.86. The molecule has 0 aromatic heterocycles. The highest BCUT2D eigenvalue weighted by Crippen LogP contribution is 2.28. The van der Waals surface area contributed by atoms with Crippen LogP contribution in [0.25, 0.3) is 0 Å². The van der Waals surface area contributed by atoms with Crippen LogP contribution in [0, 0.1) is 5.92 Å². The van der Waals surface area contributed by atoms with Crippen molar-refractivity contribution < 1.29 is 4.79 Å². The zero-order valence-electron chi connectivity index (χ0n) is 11.6. The first-order chi connectivity index (χ1) is 8.81. The lowest BCUT2D eigenvalue weighted by Crippen LogP contribution is -2.44. The monoisotopic (exact) mass is 253 g/mol. The molecule has 2 fully saturated rings. The lowest BCUT2D eigenvalue weighted by Gasteiger charge is -2.34. The highest BCUT2D eigenvalue weighted by atomic mass is 16.1. The molecule has 0 spiro atoms. The molecule has 0 aromatic rings. The van der Waals surface area contributed by atoms with Crippen LogP contribution in [-0.4, -0.2) is 49.6 Å². The maximum absolute atomic E-state index is 11.5. The van der Waals surface area contributed by atoms with Crippen molar-refractivity contribution in [2.24, 2.45) is 5.92 Å². The molecular weight excluding hydrogens is 226 g/mol. The van der Waals surface area contributed by atoms with Crippen LogP contribution < -0.4 is 10.6 Å². The number of amides is 1. The Bertz CT molecular complexity index is 264. The van der Waals surface area contributed by atoms with Gasteiger partial charge in [0.2, 0.25) is 5.91 Å². The minimum absolute atomic E-state index is 0.199. The van der Waals surface area contributed by atoms with E-state index < -0.39 is 0 Å². The maximum Gasteiger partial charge on any atom is 0.221 e. The van der Waals surface area contributed by atoms with Gasteiger partial charge in [0.25, 0.3) is 0 Å². The van der Waals surface area contributed by atoms with Gasteiger partial charge in [-0.2, -0.15) is 0 Å². The van der Waals surface area contributed by atoms with Gasteiger partial charge in [-0.15, -0.1) is 0 Å². The second-order valence-electron chi connectivity index (χ2n) is 5.56. The molecule has 2 aliphatic heterocycles. The molecule has 0 aliphatic carbocycles. The van der Waals surface area contributed by atoms with E-state index in [4.69, 9.17) is 0 Å². The highest BCUT2D eigenvalue weighted by Gasteiger charge is 2.32. The third kappa shape index (κ3) is 3.69. The Morgan fingerprint density at radius 2 is 2.28 bits per heavy atom. The topological polar surface area (TPSA) is 44.4 Å². The van der Waals surface area contributed by atoms with E-state index in [1.807, 2.05) is 6.92 Å². The lowest BCUT2D eigenvalue weighted by molar-refractivity contribution is -0.121. The molecule has 1 amide bonds. The summed E-state index contributed by atoms with van der Waals surface area (Å²) in [6.45, 7) is 7.19. The molecule has 0 bridgehead atoms. The largest absolute Gasteiger partial charge is 0.356 e. The predicted molar refractivity (Wildman–Crippen MR) is 73.5 cm³/mol. The van der Waals surface area contributed by atoms with Crippen molar-refractivity contribution in [3.05, 3.63) is 0 Å². The van der Waals surface area contributed by atoms with Gasteiger partial charge < -0.3 is 10.6 Å². The van der Waals surface area contributed by atoms with Crippen molar-refractivity contribution in [3.63, 3.8) is 0 Å². The molecule has 2 unspecified atom stereocenters. The minimum Gasteiger partial charge on any atom is -0.356 e. The molecule has 104 valence electrons. The van der Waals surface area contributed by atoms with Gasteiger partial charge in [0.1, 0.15) is 0 Å². The molecule has 2 rings (SSSR count). The molecule has 18 heavy (non-hydrogen) atoms. The van der Waals surface area contributed by atoms with Gasteiger partial charge in [0.15, 0.2) is 0 Å². The highest BCUT2D eigenvalue weighted by molar-refractivity contribution is 5.75. The second kappa shape index (κ2) is 7.10. The summed E-state index contributed by atoms with van der Waals surface area (Å²) in [5.74, 6) is 1.00. The van der Waals surface area contributed by atoms with Crippen LogP contribution in [0.2, 0.25) is 0 Å². The SMILES string of the molecule is CCNC(=O)CCN1CCCC1C1CCCNC1. The van der Waals surface area contributed by atoms with Crippen molar-refractivity contribution >= 4 is 5.91 Å². The van der Waals surface area contributed by atoms with E-state index in [-0.39, 0.29) is 5.91 Å². The van der Waals surface area contributed by atoms with Crippen molar-refractivity contribution in [3.8, 4) is 0 Å². The summed E-state index contributed by atoms with van der Waals surface area (Å²) in [4.78, 5) is 14.1. The fourth-order valence-corrected chi connectivity index (χ4v) is 3.40. The number of carbonyl (C=O) groups is 1. The normalized spacial score (nSPS) is 29.4. The summed E-state index contributed by atoms with van der Waals surface area (Å²) < 4.78 is 0. The number of likely N-dealkylation sites (tertiary alicyclic amines) is 1. The molecule has 0 aromatic carbocycles. The molecule has 2 aliphatic rings. The summed E-state index contributed by atoms with van der Waals surface area (Å²) in [6.07, 6.45) is 5.95. The van der Waals surface area contributed by atoms with E-state index in [0.29, 0.717) is 12.5 Å². The molecule has 2 saturated heterocycles. The predicted octanol–water partition coefficient (Wildman–Crippen LogP) is 0.977. The van der Waals surface area contributed by atoms with Gasteiger partial charge in [0, 0.05) is 25.6 Å². The maximum atomic E-state index is 11.5. The van der Waals surface area contributed by atoms with E-state index in [1.165, 1.54) is 45.3 Å². The van der Waals surface area contributed by atoms with Crippen LogP contribution in [0.15, 0.2) is 0 Å². The van der Waals surface area contributed by atoms with Crippen LogP contribution in [0.5, 0.6) is 0 Å². The van der Waals surface area contributed by atoms with E-state index in [1.54, 1.807) is 0 Å². The van der Waals surface area contributed by atoms with Crippen LogP contribution >= 0.6 is 0 Å². The summed E-state index contributed by atoms with van der Waals surface area (Å²) >= 11 is 0. The lowest BCUT2D eigenvalue weighted by atomic mass is 9.90. The molecule has 2 N–H and O–H groups in total. The Hall–Kier alpha value is -0.610. The van der Waals surface area contributed by atoms with Gasteiger partial charge >= 0.3 is 0 Å². The Labute approximate surface area is 110 Å². The van der Waals surface area contributed by atoms with Gasteiger partial charge in [-0.3, -0.25) is 9.69 Å². The first-order valence-electron chi connectivity index (χ1n) is 7.52. The fraction of sp³-hybridized carbons (Fsp3) is 0.929. The molecular formula is C14H27N3O. The van der Waals surface area contributed by atoms with Crippen LogP contribution in [-0.2, 0) is 4.79 Å². The van der Waals surface area contributed by atoms with Gasteiger partial charge in [0.05, 0.1) is 0 Å². The van der Waals surface area contributed by atoms with Crippen LogP contribution in [0.4, 0.5) is 0 Å². The Morgan fingerprint density at radius 3 is 3.00 bits per heavy atom. The minimum atomic E-state index is 0.199. The summed E-state index contributed by atoms with van der Waals surface area (Å²) in [6, 6.07) is 0.715. The number of rotatable bonds is 5. The molecule has 4 heteroatoms. The fourth-order valence-electron chi connectivity index (χ4n) is 3.40. The summed E-state index contributed by atoms with van der Waals surface area (Å²) in [5.41, 5.74) is 0. The van der Waals surface area contributed by atoms with E-state index in [0.717, 1.165) is 19.0 Å². The van der Waals surface area contributed by atoms with Crippen molar-refractivity contribution in [1.82, 2.24) is 15.5 Å². The number of piperidine rings is 1. The van der Waals surface area contributed by atoms with Gasteiger partial charge in [-0.1, -0.05) is 0 Å². The second-order valence-corrected chi connectivity index (χ2v) is 5.56. The Kier molecular flexibility index (Phi) is 5.45. The molecule has 2 atom stereocenters. The summed E-state index contributed by atoms with van der Waals surface area (Å²) in [7, 11) is 0. The zero-order valence-corrected chi connectivity index (χ0v) is 11.6. The van der Waals surface area contributed by atoms with Crippen molar-refractivity contribution in [1.29, 1.82) is 0 Å². The first kappa shape index (κ1) is 13.8. The van der Waals surface area contributed by atoms with Crippen LogP contribution in [0.3, 0.4) is 0 Å². The molecule has 2 heterocycles. The standard InChI is InChI=1S/C14H27N3O/c1-2-16-14(18)7-10-17-9-4-6-13(17)12-5-3-8-15-11-12/h12-13,15H,2-11H2,1H3,(H,16,18). The van der Waals surface area contributed by atoms with Gasteiger partial charge in [-0.25, -0.2) is 0 Å². The smallest absolute Gasteiger partial charge is 0.221 e. The van der Waals surface area contributed by atoms with Crippen molar-refractivity contribution in [2.75, 3.05) is 32.7 Å². The number of hydrogen-bond donors (Lipinski definition) is 2. The number of nitrogens with one attached hydrogen (secondary N) is 2. The van der Waals surface area contributed by atoms with Crippen molar-refractivity contribution in [2.45, 2.75) is 45.1 Å². The Balaban J connectivity index is 1.77. The van der Waals surface area contributed by atoms with E-state index in [9.17, 15) is 4.79 Å².